The molecule has 3 aromatic rings. The SMILES string of the molecule is Cc1ccc(-c2ccccc2)c(Cc2noc(C(Cl)(Cl)Cl)n2)c1. The molecule has 0 amide bonds. The van der Waals surface area contributed by atoms with Crippen LogP contribution in [0.15, 0.2) is 53.1 Å². The van der Waals surface area contributed by atoms with E-state index in [-0.39, 0.29) is 5.89 Å². The van der Waals surface area contributed by atoms with E-state index < -0.39 is 3.79 Å². The molecule has 23 heavy (non-hydrogen) atoms. The zero-order chi connectivity index (χ0) is 16.4. The van der Waals surface area contributed by atoms with Gasteiger partial charge in [0.15, 0.2) is 5.82 Å². The molecule has 6 heteroatoms. The number of aromatic nitrogens is 2. The van der Waals surface area contributed by atoms with Crippen molar-refractivity contribution >= 4 is 34.8 Å². The van der Waals surface area contributed by atoms with Gasteiger partial charge in [0.25, 0.3) is 9.68 Å². The van der Waals surface area contributed by atoms with Crippen LogP contribution in [0.1, 0.15) is 22.8 Å². The molecule has 0 N–H and O–H groups in total. The molecule has 0 atom stereocenters. The number of alkyl halides is 3. The highest BCUT2D eigenvalue weighted by molar-refractivity contribution is 6.66. The minimum atomic E-state index is -1.71. The highest BCUT2D eigenvalue weighted by atomic mass is 35.6. The lowest BCUT2D eigenvalue weighted by Gasteiger charge is -2.09. The van der Waals surface area contributed by atoms with Gasteiger partial charge in [-0.3, -0.25) is 0 Å². The van der Waals surface area contributed by atoms with Crippen molar-refractivity contribution in [1.29, 1.82) is 0 Å². The van der Waals surface area contributed by atoms with Gasteiger partial charge in [0.05, 0.1) is 0 Å². The van der Waals surface area contributed by atoms with E-state index in [4.69, 9.17) is 39.3 Å². The largest absolute Gasteiger partial charge is 0.335 e. The number of hydrogen-bond donors (Lipinski definition) is 0. The molecule has 0 unspecified atom stereocenters. The van der Waals surface area contributed by atoms with Crippen LogP contribution in [0.4, 0.5) is 0 Å². The van der Waals surface area contributed by atoms with Crippen molar-refractivity contribution in [2.45, 2.75) is 17.1 Å². The van der Waals surface area contributed by atoms with Gasteiger partial charge in [-0.05, 0) is 23.6 Å². The van der Waals surface area contributed by atoms with Crippen LogP contribution in [0.5, 0.6) is 0 Å². The van der Waals surface area contributed by atoms with E-state index in [0.29, 0.717) is 12.2 Å². The van der Waals surface area contributed by atoms with Crippen LogP contribution in [0.25, 0.3) is 11.1 Å². The summed E-state index contributed by atoms with van der Waals surface area (Å²) in [4.78, 5) is 4.17. The lowest BCUT2D eigenvalue weighted by atomic mass is 9.96. The normalized spacial score (nSPS) is 11.7. The molecule has 3 rings (SSSR count). The molecule has 118 valence electrons. The van der Waals surface area contributed by atoms with Crippen LogP contribution in [0.2, 0.25) is 0 Å². The molecule has 0 aliphatic carbocycles. The molecule has 0 aliphatic heterocycles. The van der Waals surface area contributed by atoms with Crippen molar-refractivity contribution in [3.05, 3.63) is 71.4 Å². The third-order valence-electron chi connectivity index (χ3n) is 3.40. The van der Waals surface area contributed by atoms with Crippen LogP contribution in [0.3, 0.4) is 0 Å². The zero-order valence-corrected chi connectivity index (χ0v) is 14.5. The molecule has 0 fully saturated rings. The molecule has 1 heterocycles. The fourth-order valence-electron chi connectivity index (χ4n) is 2.38. The summed E-state index contributed by atoms with van der Waals surface area (Å²) in [7, 11) is 0. The van der Waals surface area contributed by atoms with E-state index in [9.17, 15) is 0 Å². The standard InChI is InChI=1S/C17H13Cl3N2O/c1-11-7-8-14(12-5-3-2-4-6-12)13(9-11)10-15-21-16(23-22-15)17(18,19)20/h2-9H,10H2,1H3. The topological polar surface area (TPSA) is 38.9 Å². The van der Waals surface area contributed by atoms with E-state index in [1.807, 2.05) is 25.1 Å². The Balaban J connectivity index is 1.97. The molecule has 1 aromatic heterocycles. The fraction of sp³-hybridized carbons (Fsp3) is 0.176. The molecule has 0 saturated heterocycles. The third kappa shape index (κ3) is 3.86. The van der Waals surface area contributed by atoms with E-state index in [1.165, 1.54) is 0 Å². The number of hydrogen-bond acceptors (Lipinski definition) is 3. The van der Waals surface area contributed by atoms with Crippen LogP contribution >= 0.6 is 34.8 Å². The molecule has 0 saturated carbocycles. The molecular formula is C17H13Cl3N2O. The summed E-state index contributed by atoms with van der Waals surface area (Å²) in [6, 6.07) is 16.4. The summed E-state index contributed by atoms with van der Waals surface area (Å²) in [5.41, 5.74) is 4.50. The van der Waals surface area contributed by atoms with Crippen LogP contribution in [-0.4, -0.2) is 10.1 Å². The van der Waals surface area contributed by atoms with Gasteiger partial charge in [0.2, 0.25) is 0 Å². The smallest absolute Gasteiger partial charge is 0.278 e. The Morgan fingerprint density at radius 2 is 1.78 bits per heavy atom. The molecular weight excluding hydrogens is 355 g/mol. The average Bonchev–Trinajstić information content (AvgIpc) is 2.97. The molecule has 2 aromatic carbocycles. The number of halogens is 3. The predicted octanol–water partition coefficient (Wildman–Crippen LogP) is 5.46. The quantitative estimate of drug-likeness (QED) is 0.577. The third-order valence-corrected chi connectivity index (χ3v) is 3.89. The van der Waals surface area contributed by atoms with Gasteiger partial charge in [0.1, 0.15) is 0 Å². The van der Waals surface area contributed by atoms with Crippen LogP contribution in [-0.2, 0) is 10.2 Å². The molecule has 0 bridgehead atoms. The molecule has 0 aliphatic rings. The van der Waals surface area contributed by atoms with Gasteiger partial charge in [-0.15, -0.1) is 0 Å². The Hall–Kier alpha value is -1.55. The highest BCUT2D eigenvalue weighted by Gasteiger charge is 2.30. The number of rotatable bonds is 3. The van der Waals surface area contributed by atoms with Crippen LogP contribution < -0.4 is 0 Å². The van der Waals surface area contributed by atoms with Gasteiger partial charge in [0, 0.05) is 6.42 Å². The summed E-state index contributed by atoms with van der Waals surface area (Å²) in [6.07, 6.45) is 0.496. The summed E-state index contributed by atoms with van der Waals surface area (Å²) in [6.45, 7) is 2.04. The Morgan fingerprint density at radius 3 is 2.43 bits per heavy atom. The van der Waals surface area contributed by atoms with Crippen molar-refractivity contribution in [3.63, 3.8) is 0 Å². The van der Waals surface area contributed by atoms with E-state index in [0.717, 1.165) is 22.3 Å². The van der Waals surface area contributed by atoms with E-state index in [2.05, 4.69) is 40.5 Å². The van der Waals surface area contributed by atoms with Crippen molar-refractivity contribution in [2.75, 3.05) is 0 Å². The maximum Gasteiger partial charge on any atom is 0.278 e. The predicted molar refractivity (Wildman–Crippen MR) is 93.0 cm³/mol. The van der Waals surface area contributed by atoms with Crippen LogP contribution in [0, 0.1) is 6.92 Å². The maximum atomic E-state index is 5.76. The lowest BCUT2D eigenvalue weighted by Crippen LogP contribution is -2.01. The van der Waals surface area contributed by atoms with E-state index in [1.54, 1.807) is 0 Å². The van der Waals surface area contributed by atoms with Crippen molar-refractivity contribution in [1.82, 2.24) is 10.1 Å². The molecule has 3 nitrogen and oxygen atoms in total. The lowest BCUT2D eigenvalue weighted by molar-refractivity contribution is 0.378. The summed E-state index contributed by atoms with van der Waals surface area (Å²) < 4.78 is 3.31. The van der Waals surface area contributed by atoms with Crippen molar-refractivity contribution in [2.24, 2.45) is 0 Å². The second-order valence-corrected chi connectivity index (χ2v) is 7.50. The van der Waals surface area contributed by atoms with Gasteiger partial charge in [-0.25, -0.2) is 0 Å². The Morgan fingerprint density at radius 1 is 1.04 bits per heavy atom. The van der Waals surface area contributed by atoms with E-state index >= 15 is 0 Å². The van der Waals surface area contributed by atoms with Crippen molar-refractivity contribution in [3.8, 4) is 11.1 Å². The monoisotopic (exact) mass is 366 g/mol. The second kappa shape index (κ2) is 6.52. The zero-order valence-electron chi connectivity index (χ0n) is 12.3. The van der Waals surface area contributed by atoms with Gasteiger partial charge in [-0.1, -0.05) is 94.1 Å². The maximum absolute atomic E-state index is 5.76. The second-order valence-electron chi connectivity index (χ2n) is 5.22. The number of nitrogens with zero attached hydrogens (tertiary/aromatic N) is 2. The number of benzene rings is 2. The Kier molecular flexibility index (Phi) is 4.62. The fourth-order valence-corrected chi connectivity index (χ4v) is 2.61. The summed E-state index contributed by atoms with van der Waals surface area (Å²) >= 11 is 17.3. The Bertz CT molecular complexity index is 810. The summed E-state index contributed by atoms with van der Waals surface area (Å²) in [5.74, 6) is 0.459. The van der Waals surface area contributed by atoms with Gasteiger partial charge >= 0.3 is 0 Å². The summed E-state index contributed by atoms with van der Waals surface area (Å²) in [5, 5.41) is 3.90. The minimum Gasteiger partial charge on any atom is -0.335 e. The first-order valence-electron chi connectivity index (χ1n) is 6.98. The number of aryl methyl sites for hydroxylation is 1. The Labute approximate surface area is 149 Å². The average molecular weight is 368 g/mol. The first-order chi connectivity index (χ1) is 10.9. The minimum absolute atomic E-state index is 0.0218. The molecule has 0 spiro atoms. The van der Waals surface area contributed by atoms with Gasteiger partial charge in [-0.2, -0.15) is 4.98 Å². The first kappa shape index (κ1) is 16.3. The molecule has 0 radical (unpaired) electrons. The first-order valence-corrected chi connectivity index (χ1v) is 8.11. The van der Waals surface area contributed by atoms with Gasteiger partial charge < -0.3 is 4.52 Å². The highest BCUT2D eigenvalue weighted by Crippen LogP contribution is 2.37. The van der Waals surface area contributed by atoms with Crippen molar-refractivity contribution < 1.29 is 4.52 Å².